The molecule has 15 heavy (non-hydrogen) atoms. The smallest absolute Gasteiger partial charge is 0.237 e. The molecule has 1 amide bonds. The van der Waals surface area contributed by atoms with Gasteiger partial charge in [-0.25, -0.2) is 0 Å². The average molecular weight is 230 g/mol. The molecule has 1 aromatic rings. The second-order valence-electron chi connectivity index (χ2n) is 3.55. The minimum absolute atomic E-state index is 0.0431. The van der Waals surface area contributed by atoms with E-state index >= 15 is 0 Å². The van der Waals surface area contributed by atoms with Crippen molar-refractivity contribution in [2.24, 2.45) is 0 Å². The molecule has 1 aliphatic heterocycles. The fraction of sp³-hybridized carbons (Fsp3) is 0.556. The molecule has 1 aromatic heterocycles. The third-order valence-corrected chi connectivity index (χ3v) is 2.82. The van der Waals surface area contributed by atoms with E-state index in [1.807, 2.05) is 0 Å². The van der Waals surface area contributed by atoms with Crippen LogP contribution in [0.3, 0.4) is 0 Å². The van der Waals surface area contributed by atoms with Crippen LogP contribution in [-0.2, 0) is 4.79 Å². The molecule has 0 radical (unpaired) electrons. The number of aliphatic hydroxyl groups is 1. The van der Waals surface area contributed by atoms with Gasteiger partial charge in [-0.05, 0) is 6.07 Å². The predicted octanol–water partition coefficient (Wildman–Crippen LogP) is -0.134. The third kappa shape index (κ3) is 1.98. The van der Waals surface area contributed by atoms with Crippen molar-refractivity contribution in [2.75, 3.05) is 19.0 Å². The Morgan fingerprint density at radius 3 is 3.00 bits per heavy atom. The first-order chi connectivity index (χ1) is 7.22. The molecular weight excluding hydrogens is 218 g/mol. The quantitative estimate of drug-likeness (QED) is 0.719. The molecule has 0 bridgehead atoms. The Morgan fingerprint density at radius 1 is 1.60 bits per heavy atom. The molecule has 1 fully saturated rings. The average Bonchev–Trinajstić information content (AvgIpc) is 2.84. The lowest BCUT2D eigenvalue weighted by Gasteiger charge is -2.14. The van der Waals surface area contributed by atoms with Gasteiger partial charge >= 0.3 is 0 Å². The summed E-state index contributed by atoms with van der Waals surface area (Å²) in [6, 6.07) is 1.63. The highest BCUT2D eigenvalue weighted by Gasteiger charge is 2.34. The third-order valence-electron chi connectivity index (χ3n) is 2.59. The number of carbonyl (C=O) groups excluding carboxylic acids is 1. The van der Waals surface area contributed by atoms with Crippen molar-refractivity contribution in [2.45, 2.75) is 12.1 Å². The standard InChI is InChI=1S/C9H12ClN3O2/c10-4-9(15)12-5-7(8(14)6-12)13-3-1-2-11-13/h1-3,7-8,14H,4-6H2/t7-,8+/m1/s1. The summed E-state index contributed by atoms with van der Waals surface area (Å²) in [6.07, 6.45) is 2.86. The van der Waals surface area contributed by atoms with Gasteiger partial charge in [0.1, 0.15) is 5.88 Å². The zero-order valence-corrected chi connectivity index (χ0v) is 8.84. The lowest BCUT2D eigenvalue weighted by Crippen LogP contribution is -2.30. The number of aliphatic hydroxyl groups excluding tert-OH is 1. The first kappa shape index (κ1) is 10.4. The Kier molecular flexibility index (Phi) is 2.93. The molecule has 1 saturated heterocycles. The van der Waals surface area contributed by atoms with E-state index in [4.69, 9.17) is 11.6 Å². The lowest BCUT2D eigenvalue weighted by atomic mass is 10.2. The van der Waals surface area contributed by atoms with Gasteiger partial charge in [-0.3, -0.25) is 9.48 Å². The Morgan fingerprint density at radius 2 is 2.40 bits per heavy atom. The Hall–Kier alpha value is -1.07. The highest BCUT2D eigenvalue weighted by molar-refractivity contribution is 6.27. The maximum atomic E-state index is 11.3. The summed E-state index contributed by atoms with van der Waals surface area (Å²) in [4.78, 5) is 12.9. The Bertz CT molecular complexity index is 341. The van der Waals surface area contributed by atoms with Crippen LogP contribution in [0.4, 0.5) is 0 Å². The monoisotopic (exact) mass is 229 g/mol. The largest absolute Gasteiger partial charge is 0.389 e. The minimum Gasteiger partial charge on any atom is -0.389 e. The fourth-order valence-corrected chi connectivity index (χ4v) is 1.96. The van der Waals surface area contributed by atoms with Gasteiger partial charge in [0.05, 0.1) is 12.1 Å². The molecular formula is C9H12ClN3O2. The molecule has 0 aliphatic carbocycles. The van der Waals surface area contributed by atoms with E-state index < -0.39 is 6.10 Å². The van der Waals surface area contributed by atoms with Gasteiger partial charge in [-0.1, -0.05) is 0 Å². The van der Waals surface area contributed by atoms with Crippen LogP contribution < -0.4 is 0 Å². The zero-order valence-electron chi connectivity index (χ0n) is 8.08. The topological polar surface area (TPSA) is 58.4 Å². The molecule has 5 nitrogen and oxygen atoms in total. The molecule has 1 N–H and O–H groups in total. The second-order valence-corrected chi connectivity index (χ2v) is 3.82. The summed E-state index contributed by atoms with van der Waals surface area (Å²) in [6.45, 7) is 0.796. The van der Waals surface area contributed by atoms with Crippen LogP contribution in [-0.4, -0.2) is 50.8 Å². The highest BCUT2D eigenvalue weighted by Crippen LogP contribution is 2.21. The van der Waals surface area contributed by atoms with Gasteiger partial charge in [0, 0.05) is 25.5 Å². The summed E-state index contributed by atoms with van der Waals surface area (Å²) in [5.74, 6) is -0.191. The summed E-state index contributed by atoms with van der Waals surface area (Å²) in [5.41, 5.74) is 0. The summed E-state index contributed by atoms with van der Waals surface area (Å²) in [7, 11) is 0. The van der Waals surface area contributed by atoms with Crippen LogP contribution in [0.25, 0.3) is 0 Å². The molecule has 0 spiro atoms. The summed E-state index contributed by atoms with van der Waals surface area (Å²) >= 11 is 5.46. The van der Waals surface area contributed by atoms with Crippen LogP contribution in [0.2, 0.25) is 0 Å². The van der Waals surface area contributed by atoms with E-state index in [9.17, 15) is 9.90 Å². The van der Waals surface area contributed by atoms with Gasteiger partial charge in [0.15, 0.2) is 0 Å². The van der Waals surface area contributed by atoms with Gasteiger partial charge in [-0.15, -0.1) is 11.6 Å². The van der Waals surface area contributed by atoms with Crippen molar-refractivity contribution in [3.05, 3.63) is 18.5 Å². The number of rotatable bonds is 2. The van der Waals surface area contributed by atoms with Crippen molar-refractivity contribution in [1.29, 1.82) is 0 Å². The van der Waals surface area contributed by atoms with E-state index in [0.29, 0.717) is 13.1 Å². The number of likely N-dealkylation sites (tertiary alicyclic amines) is 1. The van der Waals surface area contributed by atoms with Crippen LogP contribution in [0.5, 0.6) is 0 Å². The number of nitrogens with zero attached hydrogens (tertiary/aromatic N) is 3. The first-order valence-corrected chi connectivity index (χ1v) is 5.26. The number of hydrogen-bond donors (Lipinski definition) is 1. The van der Waals surface area contributed by atoms with E-state index in [0.717, 1.165) is 0 Å². The van der Waals surface area contributed by atoms with E-state index in [-0.39, 0.29) is 17.8 Å². The number of amides is 1. The van der Waals surface area contributed by atoms with Crippen molar-refractivity contribution >= 4 is 17.5 Å². The fourth-order valence-electron chi connectivity index (χ4n) is 1.79. The molecule has 2 rings (SSSR count). The van der Waals surface area contributed by atoms with Gasteiger partial charge in [0.25, 0.3) is 0 Å². The summed E-state index contributed by atoms with van der Waals surface area (Å²) < 4.78 is 1.67. The molecule has 0 aromatic carbocycles. The van der Waals surface area contributed by atoms with Crippen molar-refractivity contribution in [3.63, 3.8) is 0 Å². The van der Waals surface area contributed by atoms with Crippen LogP contribution >= 0.6 is 11.6 Å². The minimum atomic E-state index is -0.572. The summed E-state index contributed by atoms with van der Waals surface area (Å²) in [5, 5.41) is 13.8. The number of hydrogen-bond acceptors (Lipinski definition) is 3. The van der Waals surface area contributed by atoms with E-state index in [2.05, 4.69) is 5.10 Å². The molecule has 2 heterocycles. The van der Waals surface area contributed by atoms with Crippen LogP contribution in [0.1, 0.15) is 6.04 Å². The van der Waals surface area contributed by atoms with Crippen LogP contribution in [0, 0.1) is 0 Å². The van der Waals surface area contributed by atoms with Gasteiger partial charge in [-0.2, -0.15) is 5.10 Å². The van der Waals surface area contributed by atoms with Gasteiger partial charge < -0.3 is 10.0 Å². The van der Waals surface area contributed by atoms with E-state index in [1.165, 1.54) is 0 Å². The molecule has 2 atom stereocenters. The predicted molar refractivity (Wildman–Crippen MR) is 54.6 cm³/mol. The Balaban J connectivity index is 2.08. The molecule has 0 unspecified atom stereocenters. The van der Waals surface area contributed by atoms with Gasteiger partial charge in [0.2, 0.25) is 5.91 Å². The number of alkyl halides is 1. The second kappa shape index (κ2) is 4.20. The van der Waals surface area contributed by atoms with Crippen molar-refractivity contribution in [1.82, 2.24) is 14.7 Å². The van der Waals surface area contributed by atoms with E-state index in [1.54, 1.807) is 28.0 Å². The molecule has 1 aliphatic rings. The van der Waals surface area contributed by atoms with Crippen molar-refractivity contribution in [3.8, 4) is 0 Å². The number of halogens is 1. The van der Waals surface area contributed by atoms with Crippen LogP contribution in [0.15, 0.2) is 18.5 Å². The van der Waals surface area contributed by atoms with Crippen molar-refractivity contribution < 1.29 is 9.90 Å². The normalized spacial score (nSPS) is 25.9. The molecule has 0 saturated carbocycles. The maximum Gasteiger partial charge on any atom is 0.237 e. The maximum absolute atomic E-state index is 11.3. The Labute approximate surface area is 92.2 Å². The lowest BCUT2D eigenvalue weighted by molar-refractivity contribution is -0.127. The molecule has 6 heteroatoms. The molecule has 82 valence electrons. The highest BCUT2D eigenvalue weighted by atomic mass is 35.5. The SMILES string of the molecule is O=C(CCl)N1C[C@@H](n2cccn2)[C@@H](O)C1. The number of carbonyl (C=O) groups is 1. The number of β-amino-alcohol motifs (C(OH)–C–C–N with tert-alkyl or cyclic N) is 1. The zero-order chi connectivity index (χ0) is 10.8. The first-order valence-electron chi connectivity index (χ1n) is 4.73. The number of aromatic nitrogens is 2.